The quantitative estimate of drug-likeness (QED) is 0.371. The van der Waals surface area contributed by atoms with Crippen LogP contribution in [-0.2, 0) is 17.9 Å². The van der Waals surface area contributed by atoms with Crippen molar-refractivity contribution in [3.8, 4) is 5.75 Å². The van der Waals surface area contributed by atoms with Gasteiger partial charge in [-0.3, -0.25) is 0 Å². The zero-order chi connectivity index (χ0) is 21.6. The van der Waals surface area contributed by atoms with Crippen LogP contribution in [0.15, 0.2) is 65.1 Å². The van der Waals surface area contributed by atoms with E-state index in [1.807, 2.05) is 24.3 Å². The molecule has 0 amide bonds. The summed E-state index contributed by atoms with van der Waals surface area (Å²) in [5.74, 6) is 0.812. The number of halogens is 3. The molecule has 3 aromatic carbocycles. The van der Waals surface area contributed by atoms with Crippen LogP contribution >= 0.6 is 39.1 Å². The Morgan fingerprint density at radius 3 is 2.45 bits per heavy atom. The summed E-state index contributed by atoms with van der Waals surface area (Å²) in [4.78, 5) is 2.34. The number of hydrogen-bond acceptors (Lipinski definition) is 4. The van der Waals surface area contributed by atoms with Gasteiger partial charge in [-0.05, 0) is 54.6 Å². The number of rotatable bonds is 7. The average molecular weight is 522 g/mol. The normalized spacial score (nSPS) is 13.8. The maximum atomic E-state index is 6.28. The van der Waals surface area contributed by atoms with Crippen molar-refractivity contribution in [2.45, 2.75) is 13.2 Å². The Labute approximate surface area is 201 Å². The zero-order valence-electron chi connectivity index (χ0n) is 16.9. The molecule has 1 fully saturated rings. The predicted octanol–water partition coefficient (Wildman–Crippen LogP) is 6.78. The van der Waals surface area contributed by atoms with Gasteiger partial charge < -0.3 is 19.7 Å². The molecular weight excluding hydrogens is 499 g/mol. The van der Waals surface area contributed by atoms with E-state index >= 15 is 0 Å². The Hall–Kier alpha value is -1.92. The van der Waals surface area contributed by atoms with Gasteiger partial charge in [0.05, 0.1) is 13.2 Å². The lowest BCUT2D eigenvalue weighted by Gasteiger charge is -2.29. The van der Waals surface area contributed by atoms with Gasteiger partial charge in [-0.15, -0.1) is 0 Å². The van der Waals surface area contributed by atoms with Gasteiger partial charge in [0.1, 0.15) is 12.4 Å². The smallest absolute Gasteiger partial charge is 0.124 e. The molecule has 0 spiro atoms. The zero-order valence-corrected chi connectivity index (χ0v) is 20.0. The van der Waals surface area contributed by atoms with E-state index in [1.54, 1.807) is 6.07 Å². The first-order valence-corrected chi connectivity index (χ1v) is 11.7. The summed E-state index contributed by atoms with van der Waals surface area (Å²) >= 11 is 15.8. The van der Waals surface area contributed by atoms with E-state index in [1.165, 1.54) is 5.69 Å². The van der Waals surface area contributed by atoms with Gasteiger partial charge in [0.2, 0.25) is 0 Å². The molecule has 4 rings (SSSR count). The van der Waals surface area contributed by atoms with Crippen molar-refractivity contribution in [2.24, 2.45) is 0 Å². The standard InChI is InChI=1S/C24H23BrCl2N2O2/c25-19-2-8-24(31-16-17-1-3-20(26)14-23(17)27)18(13-19)15-28-21-4-6-22(7-5-21)29-9-11-30-12-10-29/h1-8,13-14,28H,9-12,15-16H2. The molecule has 0 bridgehead atoms. The number of hydrogen-bond donors (Lipinski definition) is 1. The van der Waals surface area contributed by atoms with E-state index in [4.69, 9.17) is 32.7 Å². The van der Waals surface area contributed by atoms with E-state index in [9.17, 15) is 0 Å². The topological polar surface area (TPSA) is 33.7 Å². The number of anilines is 2. The monoisotopic (exact) mass is 520 g/mol. The number of morpholine rings is 1. The summed E-state index contributed by atoms with van der Waals surface area (Å²) in [7, 11) is 0. The molecule has 7 heteroatoms. The van der Waals surface area contributed by atoms with Crippen LogP contribution in [0, 0.1) is 0 Å². The van der Waals surface area contributed by atoms with Gasteiger partial charge in [0.25, 0.3) is 0 Å². The van der Waals surface area contributed by atoms with Crippen molar-refractivity contribution in [3.05, 3.63) is 86.3 Å². The molecule has 1 heterocycles. The molecule has 4 nitrogen and oxygen atoms in total. The highest BCUT2D eigenvalue weighted by Gasteiger charge is 2.11. The minimum Gasteiger partial charge on any atom is -0.488 e. The van der Waals surface area contributed by atoms with Gasteiger partial charge in [0, 0.05) is 56.7 Å². The maximum Gasteiger partial charge on any atom is 0.124 e. The molecule has 1 saturated heterocycles. The third kappa shape index (κ3) is 6.07. The van der Waals surface area contributed by atoms with Gasteiger partial charge in [0.15, 0.2) is 0 Å². The van der Waals surface area contributed by atoms with Crippen LogP contribution in [-0.4, -0.2) is 26.3 Å². The summed E-state index contributed by atoms with van der Waals surface area (Å²) in [6.45, 7) is 4.45. The summed E-state index contributed by atoms with van der Waals surface area (Å²) in [5.41, 5.74) is 4.23. The predicted molar refractivity (Wildman–Crippen MR) is 132 cm³/mol. The van der Waals surface area contributed by atoms with Crippen LogP contribution in [0.1, 0.15) is 11.1 Å². The van der Waals surface area contributed by atoms with Crippen molar-refractivity contribution in [1.29, 1.82) is 0 Å². The van der Waals surface area contributed by atoms with E-state index in [0.29, 0.717) is 23.2 Å². The molecule has 3 aromatic rings. The fourth-order valence-corrected chi connectivity index (χ4v) is 4.30. The van der Waals surface area contributed by atoms with Crippen LogP contribution in [0.4, 0.5) is 11.4 Å². The van der Waals surface area contributed by atoms with E-state index < -0.39 is 0 Å². The first-order chi connectivity index (χ1) is 15.1. The first-order valence-electron chi connectivity index (χ1n) is 10.1. The van der Waals surface area contributed by atoms with Crippen molar-refractivity contribution < 1.29 is 9.47 Å². The number of nitrogens with zero attached hydrogens (tertiary/aromatic N) is 1. The van der Waals surface area contributed by atoms with Crippen LogP contribution in [0.5, 0.6) is 5.75 Å². The molecular formula is C24H23BrCl2N2O2. The Kier molecular flexibility index (Phi) is 7.62. The molecule has 0 saturated carbocycles. The van der Waals surface area contributed by atoms with Gasteiger partial charge >= 0.3 is 0 Å². The summed E-state index contributed by atoms with van der Waals surface area (Å²) in [5, 5.41) is 4.70. The van der Waals surface area contributed by atoms with Crippen LogP contribution in [0.3, 0.4) is 0 Å². The van der Waals surface area contributed by atoms with Crippen molar-refractivity contribution in [1.82, 2.24) is 0 Å². The van der Waals surface area contributed by atoms with Crippen molar-refractivity contribution in [3.63, 3.8) is 0 Å². The van der Waals surface area contributed by atoms with E-state index in [2.05, 4.69) is 56.5 Å². The lowest BCUT2D eigenvalue weighted by molar-refractivity contribution is 0.122. The molecule has 1 aliphatic heterocycles. The minimum absolute atomic E-state index is 0.374. The van der Waals surface area contributed by atoms with Gasteiger partial charge in [-0.2, -0.15) is 0 Å². The van der Waals surface area contributed by atoms with Crippen molar-refractivity contribution in [2.75, 3.05) is 36.5 Å². The lowest BCUT2D eigenvalue weighted by Crippen LogP contribution is -2.36. The maximum absolute atomic E-state index is 6.28. The molecule has 0 aromatic heterocycles. The third-order valence-corrected chi connectivity index (χ3v) is 6.23. The second-order valence-electron chi connectivity index (χ2n) is 7.28. The van der Waals surface area contributed by atoms with Crippen LogP contribution in [0.2, 0.25) is 10.0 Å². The summed E-state index contributed by atoms with van der Waals surface area (Å²) < 4.78 is 12.5. The van der Waals surface area contributed by atoms with E-state index in [-0.39, 0.29) is 0 Å². The molecule has 1 aliphatic rings. The number of nitrogens with one attached hydrogen (secondary N) is 1. The molecule has 0 radical (unpaired) electrons. The highest BCUT2D eigenvalue weighted by Crippen LogP contribution is 2.28. The highest BCUT2D eigenvalue weighted by molar-refractivity contribution is 9.10. The Morgan fingerprint density at radius 1 is 0.935 bits per heavy atom. The lowest BCUT2D eigenvalue weighted by atomic mass is 10.2. The minimum atomic E-state index is 0.374. The average Bonchev–Trinajstić information content (AvgIpc) is 2.79. The molecule has 1 N–H and O–H groups in total. The Bertz CT molecular complexity index is 1020. The molecule has 31 heavy (non-hydrogen) atoms. The Balaban J connectivity index is 1.40. The second-order valence-corrected chi connectivity index (χ2v) is 9.04. The summed E-state index contributed by atoms with van der Waals surface area (Å²) in [6.07, 6.45) is 0. The van der Waals surface area contributed by atoms with Gasteiger partial charge in [-0.25, -0.2) is 0 Å². The molecule has 0 aliphatic carbocycles. The third-order valence-electron chi connectivity index (χ3n) is 5.15. The summed E-state index contributed by atoms with van der Waals surface area (Å²) in [6, 6.07) is 19.9. The van der Waals surface area contributed by atoms with Gasteiger partial charge in [-0.1, -0.05) is 45.2 Å². The first kappa shape index (κ1) is 22.3. The van der Waals surface area contributed by atoms with E-state index in [0.717, 1.165) is 53.3 Å². The fraction of sp³-hybridized carbons (Fsp3) is 0.250. The molecule has 162 valence electrons. The largest absolute Gasteiger partial charge is 0.488 e. The molecule has 0 atom stereocenters. The fourth-order valence-electron chi connectivity index (χ4n) is 3.43. The number of ether oxygens (including phenoxy) is 2. The molecule has 0 unspecified atom stereocenters. The van der Waals surface area contributed by atoms with Crippen LogP contribution in [0.25, 0.3) is 0 Å². The SMILES string of the molecule is Clc1ccc(COc2ccc(Br)cc2CNc2ccc(N3CCOCC3)cc2)c(Cl)c1. The van der Waals surface area contributed by atoms with Crippen molar-refractivity contribution >= 4 is 50.5 Å². The van der Waals surface area contributed by atoms with Crippen LogP contribution < -0.4 is 15.0 Å². The Morgan fingerprint density at radius 2 is 1.71 bits per heavy atom. The second kappa shape index (κ2) is 10.6. The highest BCUT2D eigenvalue weighted by atomic mass is 79.9. The number of benzene rings is 3.